The Balaban J connectivity index is 2.07. The van der Waals surface area contributed by atoms with Gasteiger partial charge in [-0.05, 0) is 19.1 Å². The van der Waals surface area contributed by atoms with E-state index in [2.05, 4.69) is 9.72 Å². The predicted octanol–water partition coefficient (Wildman–Crippen LogP) is 0.591. The third-order valence-electron chi connectivity index (χ3n) is 4.38. The van der Waals surface area contributed by atoms with Gasteiger partial charge in [0.25, 0.3) is 5.56 Å². The molecule has 26 heavy (non-hydrogen) atoms. The van der Waals surface area contributed by atoms with E-state index in [1.54, 1.807) is 15.4 Å². The molecule has 0 aliphatic carbocycles. The third-order valence-corrected chi connectivity index (χ3v) is 4.38. The number of aryl methyl sites for hydroxylation is 1. The van der Waals surface area contributed by atoms with E-state index in [1.165, 1.54) is 14.2 Å². The predicted molar refractivity (Wildman–Crippen MR) is 92.4 cm³/mol. The molecule has 0 bridgehead atoms. The van der Waals surface area contributed by atoms with Gasteiger partial charge in [0.05, 0.1) is 38.1 Å². The molecule has 3 heterocycles. The first-order chi connectivity index (χ1) is 12.5. The van der Waals surface area contributed by atoms with Crippen molar-refractivity contribution in [2.45, 2.75) is 19.9 Å². The van der Waals surface area contributed by atoms with Crippen LogP contribution in [0.1, 0.15) is 17.0 Å². The summed E-state index contributed by atoms with van der Waals surface area (Å²) in [4.78, 5) is 42.9. The maximum Gasteiger partial charge on any atom is 0.354 e. The Kier molecular flexibility index (Phi) is 4.75. The summed E-state index contributed by atoms with van der Waals surface area (Å²) in [7, 11) is 2.46. The first-order valence-electron chi connectivity index (χ1n) is 8.09. The van der Waals surface area contributed by atoms with Crippen molar-refractivity contribution < 1.29 is 19.1 Å². The van der Waals surface area contributed by atoms with Gasteiger partial charge in [0.1, 0.15) is 11.3 Å². The molecule has 2 aromatic rings. The second-order valence-corrected chi connectivity index (χ2v) is 5.92. The average Bonchev–Trinajstić information content (AvgIpc) is 2.65. The molecule has 8 heteroatoms. The molecule has 2 aromatic heterocycles. The smallest absolute Gasteiger partial charge is 0.354 e. The Labute approximate surface area is 149 Å². The molecule has 0 saturated carbocycles. The van der Waals surface area contributed by atoms with Gasteiger partial charge in [-0.2, -0.15) is 0 Å². The van der Waals surface area contributed by atoms with Gasteiger partial charge in [0, 0.05) is 18.7 Å². The maximum atomic E-state index is 12.9. The van der Waals surface area contributed by atoms with Crippen LogP contribution in [0.3, 0.4) is 0 Å². The molecule has 8 nitrogen and oxygen atoms in total. The van der Waals surface area contributed by atoms with Crippen LogP contribution in [-0.2, 0) is 32.0 Å². The van der Waals surface area contributed by atoms with Crippen LogP contribution in [0.5, 0.6) is 0 Å². The molecular weight excluding hydrogens is 338 g/mol. The van der Waals surface area contributed by atoms with E-state index in [-0.39, 0.29) is 17.8 Å². The topological polar surface area (TPSA) is 90.2 Å². The lowest BCUT2D eigenvalue weighted by Crippen LogP contribution is -2.39. The zero-order chi connectivity index (χ0) is 18.8. The van der Waals surface area contributed by atoms with Crippen molar-refractivity contribution in [3.05, 3.63) is 57.3 Å². The summed E-state index contributed by atoms with van der Waals surface area (Å²) in [6.07, 6.45) is 1.55. The zero-order valence-electron chi connectivity index (χ0n) is 14.8. The van der Waals surface area contributed by atoms with E-state index >= 15 is 0 Å². The van der Waals surface area contributed by atoms with Crippen molar-refractivity contribution in [2.24, 2.45) is 0 Å². The highest BCUT2D eigenvalue weighted by Crippen LogP contribution is 2.20. The Hall–Kier alpha value is -3.16. The number of ether oxygens (including phenoxy) is 2. The second-order valence-electron chi connectivity index (χ2n) is 5.92. The number of rotatable bonds is 3. The molecule has 0 fully saturated rings. The lowest BCUT2D eigenvalue weighted by atomic mass is 10.1. The van der Waals surface area contributed by atoms with Crippen LogP contribution in [0, 0.1) is 6.92 Å². The molecule has 0 spiro atoms. The first-order valence-corrected chi connectivity index (χ1v) is 8.09. The number of fused-ring (bicyclic) bond motifs is 2. The molecule has 3 rings (SSSR count). The number of carbonyl (C=O) groups excluding carboxylic acids is 2. The highest BCUT2D eigenvalue weighted by atomic mass is 16.5. The summed E-state index contributed by atoms with van der Waals surface area (Å²) in [5, 5.41) is 0. The van der Waals surface area contributed by atoms with E-state index in [0.29, 0.717) is 29.9 Å². The molecule has 0 atom stereocenters. The Bertz CT molecular complexity index is 977. The molecule has 0 radical (unpaired) electrons. The summed E-state index contributed by atoms with van der Waals surface area (Å²) in [6.45, 7) is 2.43. The number of hydrogen-bond donors (Lipinski definition) is 0. The molecule has 0 N–H and O–H groups in total. The Morgan fingerprint density at radius 2 is 2.00 bits per heavy atom. The lowest BCUT2D eigenvalue weighted by Gasteiger charge is -2.30. The molecule has 1 aliphatic rings. The normalized spacial score (nSPS) is 14.1. The summed E-state index contributed by atoms with van der Waals surface area (Å²) < 4.78 is 10.9. The average molecular weight is 357 g/mol. The van der Waals surface area contributed by atoms with Crippen LogP contribution >= 0.6 is 0 Å². The van der Waals surface area contributed by atoms with Gasteiger partial charge in [-0.3, -0.25) is 9.20 Å². The molecule has 1 aliphatic heterocycles. The number of aromatic nitrogens is 2. The summed E-state index contributed by atoms with van der Waals surface area (Å²) in [5.41, 5.74) is 2.47. The molecule has 0 unspecified atom stereocenters. The zero-order valence-corrected chi connectivity index (χ0v) is 14.8. The van der Waals surface area contributed by atoms with Crippen LogP contribution in [-0.4, -0.2) is 47.0 Å². The van der Waals surface area contributed by atoms with Crippen molar-refractivity contribution in [1.82, 2.24) is 14.3 Å². The number of methoxy groups -OCH3 is 2. The molecule has 0 amide bonds. The minimum Gasteiger partial charge on any atom is -0.466 e. The molecule has 0 aromatic carbocycles. The van der Waals surface area contributed by atoms with Crippen LogP contribution in [0.4, 0.5) is 0 Å². The van der Waals surface area contributed by atoms with Crippen LogP contribution in [0.15, 0.2) is 34.8 Å². The van der Waals surface area contributed by atoms with E-state index in [4.69, 9.17) is 4.74 Å². The largest absolute Gasteiger partial charge is 0.466 e. The van der Waals surface area contributed by atoms with Gasteiger partial charge in [0.15, 0.2) is 0 Å². The highest BCUT2D eigenvalue weighted by Gasteiger charge is 2.27. The van der Waals surface area contributed by atoms with Gasteiger partial charge in [-0.1, -0.05) is 6.07 Å². The number of hydrogen-bond acceptors (Lipinski definition) is 7. The van der Waals surface area contributed by atoms with Gasteiger partial charge in [0.2, 0.25) is 0 Å². The Morgan fingerprint density at radius 1 is 1.23 bits per heavy atom. The summed E-state index contributed by atoms with van der Waals surface area (Å²) >= 11 is 0. The van der Waals surface area contributed by atoms with E-state index < -0.39 is 11.9 Å². The fourth-order valence-electron chi connectivity index (χ4n) is 3.06. The standard InChI is InChI=1S/C18H19N3O5/c1-11-5-4-6-15-19-13-7-8-20(10-12(13)17(23)21(11)15)14(18(24)26-3)9-16(22)25-2/h4-6,9H,7-8,10H2,1-3H3/b14-9-. The lowest BCUT2D eigenvalue weighted by molar-refractivity contribution is -0.140. The van der Waals surface area contributed by atoms with Gasteiger partial charge in [-0.15, -0.1) is 0 Å². The van der Waals surface area contributed by atoms with Crippen molar-refractivity contribution in [1.29, 1.82) is 0 Å². The molecular formula is C18H19N3O5. The molecule has 136 valence electrons. The van der Waals surface area contributed by atoms with Crippen molar-refractivity contribution in [3.63, 3.8) is 0 Å². The summed E-state index contributed by atoms with van der Waals surface area (Å²) in [6, 6.07) is 5.48. The summed E-state index contributed by atoms with van der Waals surface area (Å²) in [5.74, 6) is -1.33. The van der Waals surface area contributed by atoms with Crippen molar-refractivity contribution in [3.8, 4) is 0 Å². The minimum atomic E-state index is -0.666. The van der Waals surface area contributed by atoms with Crippen molar-refractivity contribution >= 4 is 17.6 Å². The number of nitrogens with zero attached hydrogens (tertiary/aromatic N) is 3. The van der Waals surface area contributed by atoms with E-state index in [1.807, 2.05) is 19.1 Å². The van der Waals surface area contributed by atoms with Crippen LogP contribution < -0.4 is 5.56 Å². The maximum absolute atomic E-state index is 12.9. The van der Waals surface area contributed by atoms with Crippen molar-refractivity contribution in [2.75, 3.05) is 20.8 Å². The molecule has 0 saturated heterocycles. The van der Waals surface area contributed by atoms with Gasteiger partial charge >= 0.3 is 11.9 Å². The number of pyridine rings is 1. The van der Waals surface area contributed by atoms with E-state index in [9.17, 15) is 14.4 Å². The van der Waals surface area contributed by atoms with Crippen LogP contribution in [0.2, 0.25) is 0 Å². The Morgan fingerprint density at radius 3 is 2.69 bits per heavy atom. The third kappa shape index (κ3) is 3.05. The number of esters is 2. The quantitative estimate of drug-likeness (QED) is 0.587. The van der Waals surface area contributed by atoms with E-state index in [0.717, 1.165) is 11.8 Å². The number of carbonyl (C=O) groups is 2. The first kappa shape index (κ1) is 17.7. The van der Waals surface area contributed by atoms with Gasteiger partial charge in [-0.25, -0.2) is 14.6 Å². The second kappa shape index (κ2) is 6.99. The highest BCUT2D eigenvalue weighted by molar-refractivity contribution is 5.95. The monoisotopic (exact) mass is 357 g/mol. The minimum absolute atomic E-state index is 0.0549. The SMILES string of the molecule is COC(=O)/C=C(/C(=O)OC)N1CCc2nc3cccc(C)n3c(=O)c2C1. The van der Waals surface area contributed by atoms with Gasteiger partial charge < -0.3 is 14.4 Å². The fraction of sp³-hybridized carbons (Fsp3) is 0.333. The fourth-order valence-corrected chi connectivity index (χ4v) is 3.06. The van der Waals surface area contributed by atoms with Crippen LogP contribution in [0.25, 0.3) is 5.65 Å².